The molecule has 0 radical (unpaired) electrons. The van der Waals surface area contributed by atoms with E-state index < -0.39 is 11.4 Å². The van der Waals surface area contributed by atoms with Crippen LogP contribution in [0.4, 0.5) is 0 Å². The quantitative estimate of drug-likeness (QED) is 0.663. The van der Waals surface area contributed by atoms with Crippen molar-refractivity contribution in [1.82, 2.24) is 0 Å². The Hall–Kier alpha value is -0.690. The Morgan fingerprint density at radius 1 is 1.10 bits per heavy atom. The van der Waals surface area contributed by atoms with Crippen LogP contribution in [0, 0.1) is 22.7 Å². The van der Waals surface area contributed by atoms with Crippen molar-refractivity contribution >= 4 is 5.97 Å². The van der Waals surface area contributed by atoms with E-state index in [1.165, 1.54) is 6.92 Å². The molecule has 2 saturated heterocycles. The van der Waals surface area contributed by atoms with Crippen LogP contribution in [0.25, 0.3) is 0 Å². The summed E-state index contributed by atoms with van der Waals surface area (Å²) in [5, 5.41) is 9.80. The highest BCUT2D eigenvalue weighted by Gasteiger charge is 2.70. The van der Waals surface area contributed by atoms with Crippen LogP contribution in [0.5, 0.6) is 0 Å². The number of carbonyl (C=O) groups excluding carboxylic acids is 1. The monoisotopic (exact) mass is 438 g/mol. The van der Waals surface area contributed by atoms with Gasteiger partial charge in [-0.15, -0.1) is 0 Å². The first-order valence-electron chi connectivity index (χ1n) is 12.2. The third kappa shape index (κ3) is 3.56. The summed E-state index contributed by atoms with van der Waals surface area (Å²) in [4.78, 5) is 11.6. The number of carbonyl (C=O) groups is 1. The molecule has 7 atom stereocenters. The minimum Gasteiger partial charge on any atom is -0.463 e. The summed E-state index contributed by atoms with van der Waals surface area (Å²) in [6.07, 6.45) is 6.77. The molecule has 4 fully saturated rings. The van der Waals surface area contributed by atoms with E-state index >= 15 is 0 Å². The number of aliphatic hydroxyl groups is 1. The molecule has 0 bridgehead atoms. The lowest BCUT2D eigenvalue weighted by molar-refractivity contribution is -0.359. The van der Waals surface area contributed by atoms with E-state index in [1.807, 2.05) is 13.8 Å². The lowest BCUT2D eigenvalue weighted by atomic mass is 9.43. The Bertz CT molecular complexity index is 708. The average Bonchev–Trinajstić information content (AvgIpc) is 3.07. The van der Waals surface area contributed by atoms with Gasteiger partial charge in [0.15, 0.2) is 5.79 Å². The van der Waals surface area contributed by atoms with E-state index in [2.05, 4.69) is 20.8 Å². The number of esters is 1. The van der Waals surface area contributed by atoms with Gasteiger partial charge >= 0.3 is 5.97 Å². The molecule has 178 valence electrons. The second-order valence-electron chi connectivity index (χ2n) is 11.7. The molecule has 0 unspecified atom stereocenters. The number of aliphatic hydroxyl groups excluding tert-OH is 1. The first-order valence-corrected chi connectivity index (χ1v) is 12.2. The highest BCUT2D eigenvalue weighted by molar-refractivity contribution is 5.65. The van der Waals surface area contributed by atoms with Gasteiger partial charge in [-0.05, 0) is 64.2 Å². The van der Waals surface area contributed by atoms with Crippen molar-refractivity contribution in [3.8, 4) is 0 Å². The van der Waals surface area contributed by atoms with E-state index in [4.69, 9.17) is 18.9 Å². The van der Waals surface area contributed by atoms with Crippen molar-refractivity contribution in [2.24, 2.45) is 22.7 Å². The highest BCUT2D eigenvalue weighted by Crippen LogP contribution is 2.69. The molecular formula is C25H42O6. The maximum absolute atomic E-state index is 11.6. The minimum absolute atomic E-state index is 0.0163. The zero-order chi connectivity index (χ0) is 22.7. The average molecular weight is 439 g/mol. The number of ether oxygens (including phenoxy) is 4. The Kier molecular flexibility index (Phi) is 5.81. The molecule has 2 aliphatic heterocycles. The van der Waals surface area contributed by atoms with Gasteiger partial charge in [-0.1, -0.05) is 20.8 Å². The summed E-state index contributed by atoms with van der Waals surface area (Å²) in [6.45, 7) is 13.5. The molecule has 2 saturated carbocycles. The lowest BCUT2D eigenvalue weighted by Gasteiger charge is -2.67. The summed E-state index contributed by atoms with van der Waals surface area (Å²) in [7, 11) is 0. The minimum atomic E-state index is -0.598. The first-order chi connectivity index (χ1) is 14.4. The fourth-order valence-electron chi connectivity index (χ4n) is 7.79. The normalized spacial score (nSPS) is 48.8. The molecule has 0 aromatic heterocycles. The van der Waals surface area contributed by atoms with E-state index in [-0.39, 0.29) is 41.7 Å². The molecule has 0 amide bonds. The summed E-state index contributed by atoms with van der Waals surface area (Å²) in [6, 6.07) is 0. The van der Waals surface area contributed by atoms with Gasteiger partial charge in [0.1, 0.15) is 12.2 Å². The SMILES string of the molecule is CC(=O)OC[C@]1(CCO)CC[C@@]2(O1)[C@H](C)CC[C@H]1[C@]3(C)COC(C)(C)O[C@H]3CC[C@]12C. The zero-order valence-corrected chi connectivity index (χ0v) is 20.3. The van der Waals surface area contributed by atoms with Gasteiger partial charge in [-0.3, -0.25) is 4.79 Å². The van der Waals surface area contributed by atoms with E-state index in [9.17, 15) is 9.90 Å². The predicted molar refractivity (Wildman–Crippen MR) is 116 cm³/mol. The number of fused-ring (bicyclic) bond motifs is 4. The molecule has 6 heteroatoms. The molecule has 1 spiro atoms. The molecule has 1 N–H and O–H groups in total. The molecule has 2 aliphatic carbocycles. The topological polar surface area (TPSA) is 74.2 Å². The largest absolute Gasteiger partial charge is 0.463 e. The molecular weight excluding hydrogens is 396 g/mol. The van der Waals surface area contributed by atoms with Crippen LogP contribution >= 0.6 is 0 Å². The summed E-state index contributed by atoms with van der Waals surface area (Å²) in [5.41, 5.74) is -0.945. The van der Waals surface area contributed by atoms with Crippen LogP contribution in [0.3, 0.4) is 0 Å². The Morgan fingerprint density at radius 2 is 1.84 bits per heavy atom. The third-order valence-corrected chi connectivity index (χ3v) is 9.49. The maximum Gasteiger partial charge on any atom is 0.302 e. The van der Waals surface area contributed by atoms with Gasteiger partial charge in [0.2, 0.25) is 0 Å². The molecule has 4 rings (SSSR count). The van der Waals surface area contributed by atoms with Crippen molar-refractivity contribution in [2.45, 2.75) is 110 Å². The molecule has 2 heterocycles. The van der Waals surface area contributed by atoms with Crippen molar-refractivity contribution < 1.29 is 28.8 Å². The molecule has 6 nitrogen and oxygen atoms in total. The summed E-state index contributed by atoms with van der Waals surface area (Å²) >= 11 is 0. The number of rotatable bonds is 4. The van der Waals surface area contributed by atoms with Crippen LogP contribution in [0.1, 0.15) is 86.5 Å². The van der Waals surface area contributed by atoms with Crippen molar-refractivity contribution in [3.63, 3.8) is 0 Å². The Morgan fingerprint density at radius 3 is 2.52 bits per heavy atom. The van der Waals surface area contributed by atoms with Gasteiger partial charge in [0, 0.05) is 30.8 Å². The molecule has 0 aromatic carbocycles. The van der Waals surface area contributed by atoms with Crippen molar-refractivity contribution in [1.29, 1.82) is 0 Å². The smallest absolute Gasteiger partial charge is 0.302 e. The number of hydrogen-bond donors (Lipinski definition) is 1. The van der Waals surface area contributed by atoms with E-state index in [0.717, 1.165) is 38.5 Å². The van der Waals surface area contributed by atoms with Crippen LogP contribution < -0.4 is 0 Å². The van der Waals surface area contributed by atoms with Crippen molar-refractivity contribution in [3.05, 3.63) is 0 Å². The number of hydrogen-bond acceptors (Lipinski definition) is 6. The van der Waals surface area contributed by atoms with Crippen LogP contribution in [-0.4, -0.2) is 54.0 Å². The first kappa shape index (κ1) is 23.5. The van der Waals surface area contributed by atoms with Gasteiger partial charge in [-0.2, -0.15) is 0 Å². The lowest BCUT2D eigenvalue weighted by Crippen LogP contribution is -2.69. The summed E-state index contributed by atoms with van der Waals surface area (Å²) in [5.74, 6) is 0.0232. The van der Waals surface area contributed by atoms with E-state index in [1.54, 1.807) is 0 Å². The van der Waals surface area contributed by atoms with E-state index in [0.29, 0.717) is 24.9 Å². The van der Waals surface area contributed by atoms with Crippen LogP contribution in [0.15, 0.2) is 0 Å². The second kappa shape index (κ2) is 7.68. The maximum atomic E-state index is 11.6. The van der Waals surface area contributed by atoms with Crippen LogP contribution in [-0.2, 0) is 23.7 Å². The fraction of sp³-hybridized carbons (Fsp3) is 0.960. The standard InChI is InChI=1S/C25H42O6/c1-17-7-8-19-22(5)15-29-21(3,4)30-20(22)9-10-23(19,6)25(17)12-11-24(31-25,13-14-26)16-28-18(2)27/h17,19-20,26H,7-16H2,1-6H3/t17-,19+,20+,22+,23-,24-,25-/m1/s1. The van der Waals surface area contributed by atoms with Gasteiger partial charge < -0.3 is 24.1 Å². The van der Waals surface area contributed by atoms with Crippen LogP contribution in [0.2, 0.25) is 0 Å². The van der Waals surface area contributed by atoms with Crippen molar-refractivity contribution in [2.75, 3.05) is 19.8 Å². The zero-order valence-electron chi connectivity index (χ0n) is 20.3. The fourth-order valence-corrected chi connectivity index (χ4v) is 7.79. The van der Waals surface area contributed by atoms with Gasteiger partial charge in [-0.25, -0.2) is 0 Å². The third-order valence-electron chi connectivity index (χ3n) is 9.49. The molecule has 4 aliphatic rings. The Balaban J connectivity index is 1.67. The van der Waals surface area contributed by atoms with Gasteiger partial charge in [0.25, 0.3) is 0 Å². The van der Waals surface area contributed by atoms with Gasteiger partial charge in [0.05, 0.1) is 18.3 Å². The molecule has 0 aromatic rings. The highest BCUT2D eigenvalue weighted by atomic mass is 16.7. The molecule has 31 heavy (non-hydrogen) atoms. The predicted octanol–water partition coefficient (Wildman–Crippen LogP) is 4.22. The Labute approximate surface area is 187 Å². The second-order valence-corrected chi connectivity index (χ2v) is 11.7. The summed E-state index contributed by atoms with van der Waals surface area (Å²) < 4.78 is 25.2.